The molecule has 0 aliphatic carbocycles. The number of ether oxygens (including phenoxy) is 1. The van der Waals surface area contributed by atoms with E-state index in [4.69, 9.17) is 33.0 Å². The van der Waals surface area contributed by atoms with Gasteiger partial charge in [-0.05, 0) is 23.6 Å². The van der Waals surface area contributed by atoms with Gasteiger partial charge in [-0.3, -0.25) is 4.79 Å². The van der Waals surface area contributed by atoms with Crippen LogP contribution < -0.4 is 10.1 Å². The third-order valence-electron chi connectivity index (χ3n) is 2.58. The summed E-state index contributed by atoms with van der Waals surface area (Å²) in [6.07, 6.45) is 0. The molecule has 0 fully saturated rings. The Labute approximate surface area is 134 Å². The lowest BCUT2D eigenvalue weighted by Crippen LogP contribution is -2.15. The van der Waals surface area contributed by atoms with Gasteiger partial charge in [-0.1, -0.05) is 23.2 Å². The van der Waals surface area contributed by atoms with Crippen molar-refractivity contribution in [2.75, 3.05) is 12.4 Å². The zero-order valence-corrected chi connectivity index (χ0v) is 13.0. The molecule has 0 saturated heterocycles. The fourth-order valence-corrected chi connectivity index (χ4v) is 2.96. The van der Waals surface area contributed by atoms with Crippen molar-refractivity contribution in [2.45, 2.75) is 0 Å². The number of carboxylic acids is 1. The predicted octanol–water partition coefficient (Wildman–Crippen LogP) is 4.01. The molecule has 2 N–H and O–H groups in total. The molecule has 1 aromatic heterocycles. The van der Waals surface area contributed by atoms with Crippen LogP contribution in [0.1, 0.15) is 20.0 Å². The Hall–Kier alpha value is -1.76. The van der Waals surface area contributed by atoms with Crippen LogP contribution >= 0.6 is 34.5 Å². The van der Waals surface area contributed by atoms with Crippen molar-refractivity contribution >= 4 is 52.1 Å². The lowest BCUT2D eigenvalue weighted by molar-refractivity contribution is 0.0698. The second kappa shape index (κ2) is 6.34. The van der Waals surface area contributed by atoms with Crippen LogP contribution in [0.2, 0.25) is 10.0 Å². The first-order valence-corrected chi connectivity index (χ1v) is 7.22. The summed E-state index contributed by atoms with van der Waals surface area (Å²) >= 11 is 12.9. The molecule has 110 valence electrons. The molecule has 0 radical (unpaired) electrons. The van der Waals surface area contributed by atoms with Crippen LogP contribution in [0.25, 0.3) is 0 Å². The highest BCUT2D eigenvalue weighted by Gasteiger charge is 2.20. The number of carbonyl (C=O) groups excluding carboxylic acids is 1. The molecule has 0 atom stereocenters. The number of methoxy groups -OCH3 is 1. The van der Waals surface area contributed by atoms with Crippen LogP contribution in [0.5, 0.6) is 5.75 Å². The molecule has 21 heavy (non-hydrogen) atoms. The van der Waals surface area contributed by atoms with Crippen LogP contribution in [-0.4, -0.2) is 24.1 Å². The Bertz CT molecular complexity index is 714. The molecule has 0 aliphatic heterocycles. The molecule has 2 rings (SSSR count). The number of nitrogens with one attached hydrogen (secondary N) is 1. The van der Waals surface area contributed by atoms with Crippen molar-refractivity contribution in [3.63, 3.8) is 0 Å². The number of thiophene rings is 1. The maximum Gasteiger partial charge on any atom is 0.337 e. The molecule has 0 spiro atoms. The second-order valence-corrected chi connectivity index (χ2v) is 5.65. The average Bonchev–Trinajstić information content (AvgIpc) is 2.89. The Balaban J connectivity index is 2.40. The minimum absolute atomic E-state index is 0.00554. The number of rotatable bonds is 4. The van der Waals surface area contributed by atoms with Crippen molar-refractivity contribution in [3.8, 4) is 5.75 Å². The van der Waals surface area contributed by atoms with Gasteiger partial charge in [-0.15, -0.1) is 11.3 Å². The monoisotopic (exact) mass is 345 g/mol. The van der Waals surface area contributed by atoms with Gasteiger partial charge in [0.1, 0.15) is 10.6 Å². The largest absolute Gasteiger partial charge is 0.495 e. The van der Waals surface area contributed by atoms with Crippen LogP contribution in [0.15, 0.2) is 23.6 Å². The number of benzene rings is 1. The molecule has 0 saturated carbocycles. The van der Waals surface area contributed by atoms with Gasteiger partial charge in [0.05, 0.1) is 23.4 Å². The molecule has 1 heterocycles. The van der Waals surface area contributed by atoms with E-state index in [0.29, 0.717) is 10.6 Å². The third-order valence-corrected chi connectivity index (χ3v) is 3.99. The highest BCUT2D eigenvalue weighted by molar-refractivity contribution is 7.12. The maximum absolute atomic E-state index is 12.2. The lowest BCUT2D eigenvalue weighted by Gasteiger charge is -2.11. The van der Waals surface area contributed by atoms with Crippen LogP contribution in [0.3, 0.4) is 0 Å². The number of halogens is 2. The summed E-state index contributed by atoms with van der Waals surface area (Å²) in [5, 5.41) is 13.6. The zero-order chi connectivity index (χ0) is 15.6. The van der Waals surface area contributed by atoms with E-state index in [1.54, 1.807) is 11.4 Å². The smallest absolute Gasteiger partial charge is 0.337 e. The maximum atomic E-state index is 12.2. The van der Waals surface area contributed by atoms with Gasteiger partial charge in [0.15, 0.2) is 0 Å². The Morgan fingerprint density at radius 3 is 2.67 bits per heavy atom. The van der Waals surface area contributed by atoms with Crippen molar-refractivity contribution < 1.29 is 19.4 Å². The molecule has 0 bridgehead atoms. The number of aromatic carboxylic acids is 1. The Morgan fingerprint density at radius 1 is 1.33 bits per heavy atom. The lowest BCUT2D eigenvalue weighted by atomic mass is 10.1. The van der Waals surface area contributed by atoms with Crippen molar-refractivity contribution in [1.29, 1.82) is 0 Å². The fraction of sp³-hybridized carbons (Fsp3) is 0.0769. The molecule has 1 amide bonds. The van der Waals surface area contributed by atoms with Gasteiger partial charge >= 0.3 is 5.97 Å². The van der Waals surface area contributed by atoms with E-state index in [0.717, 1.165) is 0 Å². The van der Waals surface area contributed by atoms with Gasteiger partial charge in [0.25, 0.3) is 5.91 Å². The summed E-state index contributed by atoms with van der Waals surface area (Å²) < 4.78 is 5.05. The number of anilines is 1. The normalized spacial score (nSPS) is 10.2. The van der Waals surface area contributed by atoms with Crippen LogP contribution in [-0.2, 0) is 0 Å². The Morgan fingerprint density at radius 2 is 2.05 bits per heavy atom. The molecule has 0 unspecified atom stereocenters. The van der Waals surface area contributed by atoms with E-state index in [9.17, 15) is 9.59 Å². The highest BCUT2D eigenvalue weighted by Crippen LogP contribution is 2.32. The minimum Gasteiger partial charge on any atom is -0.495 e. The summed E-state index contributed by atoms with van der Waals surface area (Å²) in [6, 6.07) is 4.22. The van der Waals surface area contributed by atoms with E-state index in [1.165, 1.54) is 30.6 Å². The first-order chi connectivity index (χ1) is 9.93. The van der Waals surface area contributed by atoms with E-state index in [1.807, 2.05) is 0 Å². The molecule has 8 heteroatoms. The molecule has 5 nitrogen and oxygen atoms in total. The quantitative estimate of drug-likeness (QED) is 0.877. The first kappa shape index (κ1) is 15.6. The van der Waals surface area contributed by atoms with Crippen LogP contribution in [0.4, 0.5) is 5.69 Å². The van der Waals surface area contributed by atoms with E-state index in [-0.39, 0.29) is 21.3 Å². The topological polar surface area (TPSA) is 75.6 Å². The van der Waals surface area contributed by atoms with Crippen molar-refractivity contribution in [2.24, 2.45) is 0 Å². The molecule has 1 aromatic carbocycles. The van der Waals surface area contributed by atoms with E-state index in [2.05, 4.69) is 5.32 Å². The van der Waals surface area contributed by atoms with Gasteiger partial charge in [0.2, 0.25) is 0 Å². The molecule has 0 aliphatic rings. The predicted molar refractivity (Wildman–Crippen MR) is 82.2 cm³/mol. The minimum atomic E-state index is -1.24. The number of amides is 1. The van der Waals surface area contributed by atoms with Gasteiger partial charge < -0.3 is 15.2 Å². The Kier molecular flexibility index (Phi) is 4.72. The number of hydrogen-bond acceptors (Lipinski definition) is 4. The van der Waals surface area contributed by atoms with E-state index >= 15 is 0 Å². The average molecular weight is 346 g/mol. The first-order valence-electron chi connectivity index (χ1n) is 5.59. The van der Waals surface area contributed by atoms with Crippen molar-refractivity contribution in [1.82, 2.24) is 0 Å². The number of carbonyl (C=O) groups is 2. The molecular formula is C13H9Cl2NO4S. The second-order valence-electron chi connectivity index (χ2n) is 3.89. The summed E-state index contributed by atoms with van der Waals surface area (Å²) in [7, 11) is 1.44. The summed E-state index contributed by atoms with van der Waals surface area (Å²) in [4.78, 5) is 23.7. The summed E-state index contributed by atoms with van der Waals surface area (Å²) in [5.41, 5.74) is -0.189. The zero-order valence-electron chi connectivity index (χ0n) is 10.6. The molecule has 2 aromatic rings. The van der Waals surface area contributed by atoms with Gasteiger partial charge in [-0.25, -0.2) is 4.79 Å². The summed E-state index contributed by atoms with van der Waals surface area (Å²) in [6.45, 7) is 0. The summed E-state index contributed by atoms with van der Waals surface area (Å²) in [5.74, 6) is -1.35. The fourth-order valence-electron chi connectivity index (χ4n) is 1.66. The van der Waals surface area contributed by atoms with Crippen molar-refractivity contribution in [3.05, 3.63) is 44.1 Å². The SMILES string of the molecule is COc1ccsc1C(=O)Nc1c(Cl)cc(Cl)cc1C(=O)O. The van der Waals surface area contributed by atoms with Gasteiger partial charge in [0, 0.05) is 5.02 Å². The molecular weight excluding hydrogens is 337 g/mol. The van der Waals surface area contributed by atoms with Crippen LogP contribution in [0, 0.1) is 0 Å². The number of hydrogen-bond donors (Lipinski definition) is 2. The highest BCUT2D eigenvalue weighted by atomic mass is 35.5. The third kappa shape index (κ3) is 3.29. The standard InChI is InChI=1S/C13H9Cl2NO4S/c1-20-9-2-3-21-11(9)12(17)16-10-7(13(18)19)4-6(14)5-8(10)15/h2-5H,1H3,(H,16,17)(H,18,19). The number of carboxylic acid groups (broad SMARTS) is 1. The van der Waals surface area contributed by atoms with E-state index < -0.39 is 11.9 Å². The van der Waals surface area contributed by atoms with Gasteiger partial charge in [-0.2, -0.15) is 0 Å².